The molecule has 1 aliphatic rings. The average molecular weight is 520 g/mol. The maximum atomic E-state index is 12.3. The van der Waals surface area contributed by atoms with E-state index in [1.165, 1.54) is 28.6 Å². The monoisotopic (exact) mass is 520 g/mol. The summed E-state index contributed by atoms with van der Waals surface area (Å²) < 4.78 is 31.2. The first-order valence-electron chi connectivity index (χ1n) is 10.2. The van der Waals surface area contributed by atoms with Gasteiger partial charge in [0.1, 0.15) is 24.1 Å². The molecule has 0 saturated carbocycles. The van der Waals surface area contributed by atoms with E-state index in [0.29, 0.717) is 18.7 Å². The molecule has 2 rings (SSSR count). The van der Waals surface area contributed by atoms with Gasteiger partial charge in [-0.1, -0.05) is 0 Å². The van der Waals surface area contributed by atoms with Crippen LogP contribution in [0.5, 0.6) is 0 Å². The minimum absolute atomic E-state index is 0.0102. The second kappa shape index (κ2) is 14.8. The number of ether oxygens (including phenoxy) is 3. The number of carbonyl (C=O) groups is 3. The molecule has 14 nitrogen and oxygen atoms in total. The van der Waals surface area contributed by atoms with Crippen molar-refractivity contribution < 1.29 is 42.6 Å². The van der Waals surface area contributed by atoms with E-state index in [0.717, 1.165) is 0 Å². The third-order valence-corrected chi connectivity index (χ3v) is 5.72. The lowest BCUT2D eigenvalue weighted by Crippen LogP contribution is -2.29. The van der Waals surface area contributed by atoms with Gasteiger partial charge in [0.05, 0.1) is 6.42 Å². The van der Waals surface area contributed by atoms with E-state index in [-0.39, 0.29) is 31.7 Å². The Morgan fingerprint density at radius 2 is 2.03 bits per heavy atom. The van der Waals surface area contributed by atoms with E-state index in [1.54, 1.807) is 7.05 Å². The highest BCUT2D eigenvalue weighted by atomic mass is 32.2. The summed E-state index contributed by atoms with van der Waals surface area (Å²) in [6.45, 7) is -0.0362. The second-order valence-electron chi connectivity index (χ2n) is 6.78. The summed E-state index contributed by atoms with van der Waals surface area (Å²) in [5.74, 6) is -1.42. The summed E-state index contributed by atoms with van der Waals surface area (Å²) in [6.07, 6.45) is 1.01. The predicted octanol–water partition coefficient (Wildman–Crippen LogP) is -0.372. The van der Waals surface area contributed by atoms with Crippen LogP contribution in [0.15, 0.2) is 17.1 Å². The molecule has 34 heavy (non-hydrogen) atoms. The van der Waals surface area contributed by atoms with Gasteiger partial charge in [0.25, 0.3) is 0 Å². The molecule has 188 valence electrons. The Hall–Kier alpha value is -2.42. The van der Waals surface area contributed by atoms with Crippen molar-refractivity contribution in [2.75, 3.05) is 38.1 Å². The number of hydrogen-bond donors (Lipinski definition) is 2. The van der Waals surface area contributed by atoms with Gasteiger partial charge in [0.15, 0.2) is 0 Å². The molecule has 3 atom stereocenters. The fourth-order valence-corrected chi connectivity index (χ4v) is 3.98. The summed E-state index contributed by atoms with van der Waals surface area (Å²) in [6, 6.07) is 1.39. The number of hydrogen-bond acceptors (Lipinski definition) is 13. The molecule has 2 N–H and O–H groups in total. The lowest BCUT2D eigenvalue weighted by atomic mass is 10.3. The van der Waals surface area contributed by atoms with Crippen LogP contribution in [-0.4, -0.2) is 65.6 Å². The molecule has 0 aromatic carbocycles. The largest absolute Gasteiger partial charge is 0.566 e. The van der Waals surface area contributed by atoms with Gasteiger partial charge in [-0.25, -0.2) is 4.79 Å². The highest BCUT2D eigenvalue weighted by molar-refractivity contribution is 8.00. The molecular weight excluding hydrogens is 495 g/mol. The van der Waals surface area contributed by atoms with E-state index >= 15 is 0 Å². The number of rotatable bonds is 14. The SMILES string of the molecule is CNCCCC(=O)OCOC(=O)CCC(=O)Nc1ccn([C@@H]2CS[C@H](CO[P+](=O)[O-])O2)c(=O)n1. The zero-order chi connectivity index (χ0) is 24.9. The Bertz CT molecular complexity index is 930. The number of amides is 1. The van der Waals surface area contributed by atoms with Crippen molar-refractivity contribution in [2.45, 2.75) is 37.3 Å². The Morgan fingerprint density at radius 3 is 2.71 bits per heavy atom. The van der Waals surface area contributed by atoms with Gasteiger partial charge >= 0.3 is 25.9 Å². The number of esters is 2. The first kappa shape index (κ1) is 27.8. The van der Waals surface area contributed by atoms with Crippen molar-refractivity contribution in [1.82, 2.24) is 14.9 Å². The van der Waals surface area contributed by atoms with Gasteiger partial charge in [-0.2, -0.15) is 4.98 Å². The van der Waals surface area contributed by atoms with Crippen molar-refractivity contribution >= 4 is 43.7 Å². The normalized spacial score (nSPS) is 17.8. The summed E-state index contributed by atoms with van der Waals surface area (Å²) in [7, 11) is -1.23. The van der Waals surface area contributed by atoms with Crippen LogP contribution < -0.4 is 21.2 Å². The van der Waals surface area contributed by atoms with Gasteiger partial charge in [-0.3, -0.25) is 19.0 Å². The van der Waals surface area contributed by atoms with Crippen LogP contribution in [0.4, 0.5) is 5.82 Å². The van der Waals surface area contributed by atoms with Crippen molar-refractivity contribution in [3.05, 3.63) is 22.7 Å². The predicted molar refractivity (Wildman–Crippen MR) is 116 cm³/mol. The highest BCUT2D eigenvalue weighted by Gasteiger charge is 2.29. The maximum absolute atomic E-state index is 12.3. The van der Waals surface area contributed by atoms with Crippen LogP contribution in [0.1, 0.15) is 31.9 Å². The zero-order valence-corrected chi connectivity index (χ0v) is 20.0. The highest BCUT2D eigenvalue weighted by Crippen LogP contribution is 2.32. The molecule has 1 amide bonds. The zero-order valence-electron chi connectivity index (χ0n) is 18.3. The summed E-state index contributed by atoms with van der Waals surface area (Å²) >= 11 is 1.29. The number of aromatic nitrogens is 2. The summed E-state index contributed by atoms with van der Waals surface area (Å²) in [5, 5.41) is 5.29. The lowest BCUT2D eigenvalue weighted by Gasteiger charge is -2.14. The van der Waals surface area contributed by atoms with Gasteiger partial charge < -0.3 is 29.7 Å². The molecule has 1 unspecified atom stereocenters. The van der Waals surface area contributed by atoms with E-state index in [9.17, 15) is 28.6 Å². The molecule has 1 aliphatic heterocycles. The summed E-state index contributed by atoms with van der Waals surface area (Å²) in [4.78, 5) is 61.6. The molecule has 0 radical (unpaired) electrons. The first-order chi connectivity index (χ1) is 16.3. The minimum Gasteiger partial charge on any atom is -0.566 e. The topological polar surface area (TPSA) is 187 Å². The number of nitrogens with zero attached hydrogens (tertiary/aromatic N) is 2. The number of carbonyl (C=O) groups excluding carboxylic acids is 3. The molecule has 16 heteroatoms. The second-order valence-corrected chi connectivity index (χ2v) is 8.68. The Kier molecular flexibility index (Phi) is 12.1. The quantitative estimate of drug-likeness (QED) is 0.140. The smallest absolute Gasteiger partial charge is 0.488 e. The average Bonchev–Trinajstić information content (AvgIpc) is 3.25. The lowest BCUT2D eigenvalue weighted by molar-refractivity contribution is -0.187. The van der Waals surface area contributed by atoms with E-state index in [4.69, 9.17) is 14.2 Å². The Labute approximate surface area is 199 Å². The Morgan fingerprint density at radius 1 is 1.29 bits per heavy atom. The fraction of sp³-hybridized carbons (Fsp3) is 0.611. The molecule has 1 aromatic rings. The van der Waals surface area contributed by atoms with Crippen LogP contribution >= 0.6 is 20.0 Å². The fourth-order valence-electron chi connectivity index (χ4n) is 2.64. The van der Waals surface area contributed by atoms with Crippen LogP contribution in [0.3, 0.4) is 0 Å². The molecular formula is C18H25N4O10PS. The third-order valence-electron chi connectivity index (χ3n) is 4.26. The molecule has 1 aromatic heterocycles. The van der Waals surface area contributed by atoms with Gasteiger partial charge in [0.2, 0.25) is 12.7 Å². The molecule has 1 fully saturated rings. The first-order valence-corrected chi connectivity index (χ1v) is 12.3. The van der Waals surface area contributed by atoms with Crippen molar-refractivity contribution in [3.8, 4) is 0 Å². The van der Waals surface area contributed by atoms with Crippen molar-refractivity contribution in [1.29, 1.82) is 0 Å². The molecule has 0 aliphatic carbocycles. The Balaban J connectivity index is 1.70. The maximum Gasteiger partial charge on any atom is 0.488 e. The van der Waals surface area contributed by atoms with E-state index < -0.39 is 50.2 Å². The van der Waals surface area contributed by atoms with Gasteiger partial charge in [-0.05, 0) is 30.6 Å². The van der Waals surface area contributed by atoms with Crippen LogP contribution in [-0.2, 0) is 37.7 Å². The number of anilines is 1. The summed E-state index contributed by atoms with van der Waals surface area (Å²) in [5.41, 5.74) is -1.23. The molecule has 0 bridgehead atoms. The van der Waals surface area contributed by atoms with Crippen LogP contribution in [0.2, 0.25) is 0 Å². The van der Waals surface area contributed by atoms with Crippen molar-refractivity contribution in [3.63, 3.8) is 0 Å². The van der Waals surface area contributed by atoms with Crippen molar-refractivity contribution in [2.24, 2.45) is 0 Å². The third kappa shape index (κ3) is 10.2. The van der Waals surface area contributed by atoms with Gasteiger partial charge in [0, 0.05) is 24.8 Å². The van der Waals surface area contributed by atoms with E-state index in [2.05, 4.69) is 20.1 Å². The molecule has 1 saturated heterocycles. The van der Waals surface area contributed by atoms with E-state index in [1.807, 2.05) is 0 Å². The van der Waals surface area contributed by atoms with Gasteiger partial charge in [-0.15, -0.1) is 16.3 Å². The van der Waals surface area contributed by atoms with Crippen LogP contribution in [0.25, 0.3) is 0 Å². The number of thioether (sulfide) groups is 1. The number of nitrogens with one attached hydrogen (secondary N) is 2. The molecule has 0 spiro atoms. The molecule has 2 heterocycles. The van der Waals surface area contributed by atoms with Crippen LogP contribution in [0, 0.1) is 0 Å². The minimum atomic E-state index is -2.99. The standard InChI is InChI=1S/C18H25N4O10PS/c1-19-7-2-3-15(24)29-11-30-16(25)5-4-13(23)20-12-6-8-22(18(26)21-12)14-10-34-17(32-14)9-31-33(27)28/h6,8,14,17,19H,2-5,7,9-11H2,1H3,(H,20,21,23,26)/t14-,17+/m0/s1.